The molecule has 0 unspecified atom stereocenters. The first-order valence-corrected chi connectivity index (χ1v) is 7.07. The van der Waals surface area contributed by atoms with Crippen molar-refractivity contribution in [2.45, 2.75) is 6.92 Å². The van der Waals surface area contributed by atoms with Crippen LogP contribution in [0.15, 0.2) is 47.6 Å². The predicted octanol–water partition coefficient (Wildman–Crippen LogP) is 2.12. The summed E-state index contributed by atoms with van der Waals surface area (Å²) in [6.45, 7) is 1.41. The lowest BCUT2D eigenvalue weighted by Crippen LogP contribution is -2.17. The number of hydrazone groups is 1. The van der Waals surface area contributed by atoms with Gasteiger partial charge in [-0.15, -0.1) is 0 Å². The Kier molecular flexibility index (Phi) is 5.51. The number of phenols is 1. The van der Waals surface area contributed by atoms with E-state index in [-0.39, 0.29) is 11.7 Å². The fourth-order valence-corrected chi connectivity index (χ4v) is 1.93. The van der Waals surface area contributed by atoms with E-state index in [1.807, 2.05) is 0 Å². The molecule has 2 aromatic carbocycles. The number of hydrogen-bond acceptors (Lipinski definition) is 5. The highest BCUT2D eigenvalue weighted by molar-refractivity contribution is 5.96. The lowest BCUT2D eigenvalue weighted by Gasteiger charge is -2.04. The van der Waals surface area contributed by atoms with Crippen molar-refractivity contribution in [1.29, 1.82) is 0 Å². The van der Waals surface area contributed by atoms with Crippen LogP contribution in [-0.4, -0.2) is 30.2 Å². The number of aromatic hydroxyl groups is 1. The van der Waals surface area contributed by atoms with Crippen molar-refractivity contribution in [3.05, 3.63) is 53.6 Å². The quantitative estimate of drug-likeness (QED) is 0.578. The molecule has 124 valence electrons. The van der Waals surface area contributed by atoms with Gasteiger partial charge in [-0.05, 0) is 48.0 Å². The lowest BCUT2D eigenvalue weighted by atomic mass is 10.2. The molecule has 0 fully saturated rings. The summed E-state index contributed by atoms with van der Waals surface area (Å²) in [6.07, 6.45) is 1.41. The molecule has 0 bridgehead atoms. The Bertz CT molecular complexity index is 770. The zero-order valence-corrected chi connectivity index (χ0v) is 13.2. The molecule has 7 nitrogen and oxygen atoms in total. The molecule has 0 heterocycles. The molecule has 2 aromatic rings. The average molecular weight is 327 g/mol. The van der Waals surface area contributed by atoms with E-state index in [1.165, 1.54) is 26.3 Å². The molecular weight excluding hydrogens is 310 g/mol. The van der Waals surface area contributed by atoms with Crippen LogP contribution in [0, 0.1) is 0 Å². The topological polar surface area (TPSA) is 100 Å². The minimum absolute atomic E-state index is 0.0127. The molecule has 0 aliphatic rings. The first-order chi connectivity index (χ1) is 11.5. The van der Waals surface area contributed by atoms with Gasteiger partial charge in [0.1, 0.15) is 0 Å². The summed E-state index contributed by atoms with van der Waals surface area (Å²) in [7, 11) is 1.46. The Morgan fingerprint density at radius 2 is 1.88 bits per heavy atom. The smallest absolute Gasteiger partial charge is 0.271 e. The molecule has 0 aromatic heterocycles. The van der Waals surface area contributed by atoms with Gasteiger partial charge < -0.3 is 15.2 Å². The van der Waals surface area contributed by atoms with Crippen molar-refractivity contribution in [3.8, 4) is 11.5 Å². The van der Waals surface area contributed by atoms with E-state index in [9.17, 15) is 14.7 Å². The molecule has 0 aliphatic carbocycles. The van der Waals surface area contributed by atoms with Crippen LogP contribution in [0.2, 0.25) is 0 Å². The number of amides is 2. The highest BCUT2D eigenvalue weighted by Crippen LogP contribution is 2.25. The van der Waals surface area contributed by atoms with E-state index >= 15 is 0 Å². The Morgan fingerprint density at radius 3 is 2.46 bits per heavy atom. The predicted molar refractivity (Wildman–Crippen MR) is 90.5 cm³/mol. The first kappa shape index (κ1) is 17.0. The van der Waals surface area contributed by atoms with Gasteiger partial charge in [0.15, 0.2) is 11.5 Å². The third kappa shape index (κ3) is 4.57. The second-order valence-corrected chi connectivity index (χ2v) is 4.89. The van der Waals surface area contributed by atoms with Crippen molar-refractivity contribution in [3.63, 3.8) is 0 Å². The largest absolute Gasteiger partial charge is 0.504 e. The molecule has 3 N–H and O–H groups in total. The summed E-state index contributed by atoms with van der Waals surface area (Å²) in [5, 5.41) is 16.1. The van der Waals surface area contributed by atoms with Crippen molar-refractivity contribution in [1.82, 2.24) is 5.43 Å². The number of hydrogen-bond donors (Lipinski definition) is 3. The zero-order valence-electron chi connectivity index (χ0n) is 13.2. The lowest BCUT2D eigenvalue weighted by molar-refractivity contribution is -0.114. The maximum absolute atomic E-state index is 12.0. The van der Waals surface area contributed by atoms with Gasteiger partial charge in [-0.1, -0.05) is 0 Å². The van der Waals surface area contributed by atoms with E-state index < -0.39 is 5.91 Å². The summed E-state index contributed by atoms with van der Waals surface area (Å²) in [4.78, 5) is 22.9. The SMILES string of the molecule is COc1ccc(/C=N\NC(=O)c2ccc(NC(C)=O)cc2)cc1O. The molecule has 24 heavy (non-hydrogen) atoms. The van der Waals surface area contributed by atoms with Gasteiger partial charge in [-0.25, -0.2) is 5.43 Å². The maximum Gasteiger partial charge on any atom is 0.271 e. The van der Waals surface area contributed by atoms with Crippen molar-refractivity contribution in [2.75, 3.05) is 12.4 Å². The molecule has 0 saturated carbocycles. The standard InChI is InChI=1S/C17H17N3O4/c1-11(21)19-14-6-4-13(5-7-14)17(23)20-18-10-12-3-8-16(24-2)15(22)9-12/h3-10,22H,1-2H3,(H,19,21)(H,20,23)/b18-10-. The molecule has 7 heteroatoms. The summed E-state index contributed by atoms with van der Waals surface area (Å²) in [6, 6.07) is 11.2. The van der Waals surface area contributed by atoms with Gasteiger partial charge in [0.25, 0.3) is 5.91 Å². The number of carbonyl (C=O) groups is 2. The average Bonchev–Trinajstić information content (AvgIpc) is 2.55. The molecule has 2 rings (SSSR count). The van der Waals surface area contributed by atoms with E-state index in [4.69, 9.17) is 4.74 Å². The summed E-state index contributed by atoms with van der Waals surface area (Å²) < 4.78 is 4.94. The van der Waals surface area contributed by atoms with Crippen LogP contribution in [0.5, 0.6) is 11.5 Å². The highest BCUT2D eigenvalue weighted by atomic mass is 16.5. The number of nitrogens with zero attached hydrogens (tertiary/aromatic N) is 1. The summed E-state index contributed by atoms with van der Waals surface area (Å²) >= 11 is 0. The van der Waals surface area contributed by atoms with E-state index in [0.29, 0.717) is 22.6 Å². The number of carbonyl (C=O) groups excluding carboxylic acids is 2. The fraction of sp³-hybridized carbons (Fsp3) is 0.118. The number of nitrogens with one attached hydrogen (secondary N) is 2. The van der Waals surface area contributed by atoms with Crippen LogP contribution < -0.4 is 15.5 Å². The molecule has 2 amide bonds. The molecule has 0 atom stereocenters. The molecule has 0 radical (unpaired) electrons. The third-order valence-corrected chi connectivity index (χ3v) is 3.05. The number of ether oxygens (including phenoxy) is 1. The normalized spacial score (nSPS) is 10.4. The maximum atomic E-state index is 12.0. The fourth-order valence-electron chi connectivity index (χ4n) is 1.93. The number of benzene rings is 2. The van der Waals surface area contributed by atoms with Crippen LogP contribution in [-0.2, 0) is 4.79 Å². The van der Waals surface area contributed by atoms with Gasteiger partial charge >= 0.3 is 0 Å². The van der Waals surface area contributed by atoms with Gasteiger partial charge in [-0.3, -0.25) is 9.59 Å². The molecule has 0 aliphatic heterocycles. The Balaban J connectivity index is 1.97. The second-order valence-electron chi connectivity index (χ2n) is 4.89. The van der Waals surface area contributed by atoms with Gasteiger partial charge in [0.2, 0.25) is 5.91 Å². The minimum Gasteiger partial charge on any atom is -0.504 e. The van der Waals surface area contributed by atoms with Crippen LogP contribution in [0.4, 0.5) is 5.69 Å². The van der Waals surface area contributed by atoms with E-state index in [2.05, 4.69) is 15.8 Å². The van der Waals surface area contributed by atoms with Crippen molar-refractivity contribution >= 4 is 23.7 Å². The molecular formula is C17H17N3O4. The van der Waals surface area contributed by atoms with Crippen LogP contribution in [0.3, 0.4) is 0 Å². The van der Waals surface area contributed by atoms with Gasteiger partial charge in [-0.2, -0.15) is 5.10 Å². The van der Waals surface area contributed by atoms with Crippen molar-refractivity contribution in [2.24, 2.45) is 5.10 Å². The third-order valence-electron chi connectivity index (χ3n) is 3.05. The Labute approximate surface area is 139 Å². The van der Waals surface area contributed by atoms with Crippen LogP contribution in [0.25, 0.3) is 0 Å². The molecule has 0 spiro atoms. The van der Waals surface area contributed by atoms with Gasteiger partial charge in [0, 0.05) is 18.2 Å². The number of phenolic OH excluding ortho intramolecular Hbond substituents is 1. The Hall–Kier alpha value is -3.35. The Morgan fingerprint density at radius 1 is 1.17 bits per heavy atom. The first-order valence-electron chi connectivity index (χ1n) is 7.07. The number of methoxy groups -OCH3 is 1. The monoisotopic (exact) mass is 327 g/mol. The summed E-state index contributed by atoms with van der Waals surface area (Å²) in [5.41, 5.74) is 4.00. The highest BCUT2D eigenvalue weighted by Gasteiger charge is 2.05. The van der Waals surface area contributed by atoms with Crippen LogP contribution in [0.1, 0.15) is 22.8 Å². The van der Waals surface area contributed by atoms with Crippen LogP contribution >= 0.6 is 0 Å². The summed E-state index contributed by atoms with van der Waals surface area (Å²) in [5.74, 6) is -0.227. The second kappa shape index (κ2) is 7.77. The van der Waals surface area contributed by atoms with E-state index in [1.54, 1.807) is 36.4 Å². The number of anilines is 1. The minimum atomic E-state index is -0.390. The molecule has 0 saturated heterocycles. The number of rotatable bonds is 5. The zero-order chi connectivity index (χ0) is 17.5. The van der Waals surface area contributed by atoms with Crippen molar-refractivity contribution < 1.29 is 19.4 Å². The van der Waals surface area contributed by atoms with E-state index in [0.717, 1.165) is 0 Å². The van der Waals surface area contributed by atoms with Gasteiger partial charge in [0.05, 0.1) is 13.3 Å².